The summed E-state index contributed by atoms with van der Waals surface area (Å²) in [6.45, 7) is 1.93. The summed E-state index contributed by atoms with van der Waals surface area (Å²) < 4.78 is 27.9. The third kappa shape index (κ3) is 3.24. The van der Waals surface area contributed by atoms with Gasteiger partial charge in [0, 0.05) is 25.3 Å². The van der Waals surface area contributed by atoms with Crippen LogP contribution in [-0.4, -0.2) is 48.0 Å². The van der Waals surface area contributed by atoms with Gasteiger partial charge in [0.15, 0.2) is 0 Å². The molecule has 0 aliphatic heterocycles. The van der Waals surface area contributed by atoms with Crippen molar-refractivity contribution in [2.75, 3.05) is 7.05 Å². The minimum Gasteiger partial charge on any atom is -0.346 e. The van der Waals surface area contributed by atoms with E-state index in [0.717, 1.165) is 31.2 Å². The number of aryl methyl sites for hydroxylation is 1. The van der Waals surface area contributed by atoms with E-state index in [9.17, 15) is 13.2 Å². The molecule has 28 heavy (non-hydrogen) atoms. The second kappa shape index (κ2) is 7.33. The van der Waals surface area contributed by atoms with Crippen LogP contribution in [-0.2, 0) is 10.0 Å². The van der Waals surface area contributed by atoms with Crippen LogP contribution < -0.4 is 5.32 Å². The number of likely N-dealkylation sites (N-methyl/N-ethyl adjacent to an activating group) is 1. The number of amides is 1. The fourth-order valence-corrected chi connectivity index (χ4v) is 6.19. The number of nitrogens with zero attached hydrogens (tertiary/aromatic N) is 2. The Labute approximate surface area is 165 Å². The molecule has 1 amide bonds. The van der Waals surface area contributed by atoms with E-state index < -0.39 is 10.0 Å². The van der Waals surface area contributed by atoms with Crippen molar-refractivity contribution in [3.8, 4) is 0 Å². The van der Waals surface area contributed by atoms with Crippen LogP contribution in [0.4, 0.5) is 0 Å². The highest BCUT2D eigenvalue weighted by atomic mass is 32.2. The second-order valence-corrected chi connectivity index (χ2v) is 9.90. The Morgan fingerprint density at radius 2 is 1.82 bits per heavy atom. The number of fused-ring (bicyclic) bond motifs is 1. The van der Waals surface area contributed by atoms with Crippen molar-refractivity contribution in [3.63, 3.8) is 0 Å². The lowest BCUT2D eigenvalue weighted by Crippen LogP contribution is -2.69. The lowest BCUT2D eigenvalue weighted by Gasteiger charge is -2.57. The Bertz CT molecular complexity index is 940. The van der Waals surface area contributed by atoms with Gasteiger partial charge in [-0.25, -0.2) is 8.42 Å². The standard InChI is InChI=1S/C20H26N4O3S/c1-13-7-9-14(10-8-13)28(26,27)24(2)19-16-6-4-3-5-15(16)18(19)22-20(25)17-11-12-21-23-17/h7-12,15-16,18-19H,3-6H2,1-2H3,(H,21,23)(H,22,25)/t15-,16+,18-,19-/m1/s1. The molecule has 2 saturated carbocycles. The Morgan fingerprint density at radius 3 is 2.46 bits per heavy atom. The van der Waals surface area contributed by atoms with Crippen LogP contribution in [0.5, 0.6) is 0 Å². The molecule has 8 heteroatoms. The molecule has 4 rings (SSSR count). The number of H-pyrrole nitrogens is 1. The highest BCUT2D eigenvalue weighted by Gasteiger charge is 2.55. The SMILES string of the molecule is Cc1ccc(S(=O)(=O)N(C)[C@@H]2[C@H]3CCCC[C@H]3[C@H]2NC(=O)c2ccn[nH]2)cc1. The predicted octanol–water partition coefficient (Wildman–Crippen LogP) is 2.33. The molecule has 150 valence electrons. The van der Waals surface area contributed by atoms with Crippen molar-refractivity contribution in [2.24, 2.45) is 11.8 Å². The maximum absolute atomic E-state index is 13.2. The van der Waals surface area contributed by atoms with Crippen LogP contribution in [0.3, 0.4) is 0 Å². The minimum absolute atomic E-state index is 0.189. The summed E-state index contributed by atoms with van der Waals surface area (Å²) in [5.41, 5.74) is 1.41. The van der Waals surface area contributed by atoms with Crippen molar-refractivity contribution >= 4 is 15.9 Å². The molecule has 0 unspecified atom stereocenters. The number of sulfonamides is 1. The van der Waals surface area contributed by atoms with Crippen LogP contribution in [0.1, 0.15) is 41.7 Å². The lowest BCUT2D eigenvalue weighted by molar-refractivity contribution is -0.0177. The first-order valence-corrected chi connectivity index (χ1v) is 11.2. The molecule has 2 aliphatic rings. The summed E-state index contributed by atoms with van der Waals surface area (Å²) in [5, 5.41) is 9.56. The van der Waals surface area contributed by atoms with Gasteiger partial charge in [0.25, 0.3) is 5.91 Å². The molecule has 2 fully saturated rings. The van der Waals surface area contributed by atoms with E-state index in [-0.39, 0.29) is 23.9 Å². The summed E-state index contributed by atoms with van der Waals surface area (Å²) in [5.74, 6) is 0.366. The molecule has 2 N–H and O–H groups in total. The molecular formula is C20H26N4O3S. The van der Waals surface area contributed by atoms with Gasteiger partial charge in [0.05, 0.1) is 4.90 Å². The topological polar surface area (TPSA) is 95.2 Å². The number of aromatic amines is 1. The van der Waals surface area contributed by atoms with E-state index in [4.69, 9.17) is 0 Å². The zero-order valence-corrected chi connectivity index (χ0v) is 16.9. The summed E-state index contributed by atoms with van der Waals surface area (Å²) in [6.07, 6.45) is 5.79. The van der Waals surface area contributed by atoms with Crippen molar-refractivity contribution in [1.82, 2.24) is 19.8 Å². The van der Waals surface area contributed by atoms with Gasteiger partial charge < -0.3 is 5.32 Å². The molecule has 0 radical (unpaired) electrons. The fraction of sp³-hybridized carbons (Fsp3) is 0.500. The molecule has 7 nitrogen and oxygen atoms in total. The van der Waals surface area contributed by atoms with Gasteiger partial charge in [-0.05, 0) is 49.8 Å². The van der Waals surface area contributed by atoms with Crippen LogP contribution in [0.25, 0.3) is 0 Å². The zero-order valence-electron chi connectivity index (χ0n) is 16.1. The number of nitrogens with one attached hydrogen (secondary N) is 2. The van der Waals surface area contributed by atoms with Crippen LogP contribution in [0.2, 0.25) is 0 Å². The normalized spacial score (nSPS) is 27.1. The smallest absolute Gasteiger partial charge is 0.269 e. The number of aromatic nitrogens is 2. The van der Waals surface area contributed by atoms with E-state index in [1.165, 1.54) is 10.5 Å². The number of carbonyl (C=O) groups excluding carboxylic acids is 1. The summed E-state index contributed by atoms with van der Waals surface area (Å²) >= 11 is 0. The maximum Gasteiger partial charge on any atom is 0.269 e. The molecule has 2 aliphatic carbocycles. The Hall–Kier alpha value is -2.19. The number of hydrogen-bond acceptors (Lipinski definition) is 4. The Kier molecular flexibility index (Phi) is 5.01. The first-order chi connectivity index (χ1) is 13.4. The quantitative estimate of drug-likeness (QED) is 0.802. The number of carbonyl (C=O) groups is 1. The maximum atomic E-state index is 13.2. The van der Waals surface area contributed by atoms with Gasteiger partial charge in [-0.15, -0.1) is 0 Å². The van der Waals surface area contributed by atoms with Crippen molar-refractivity contribution < 1.29 is 13.2 Å². The zero-order chi connectivity index (χ0) is 19.9. The lowest BCUT2D eigenvalue weighted by atomic mass is 9.58. The van der Waals surface area contributed by atoms with E-state index >= 15 is 0 Å². The predicted molar refractivity (Wildman–Crippen MR) is 105 cm³/mol. The first kappa shape index (κ1) is 19.1. The largest absolute Gasteiger partial charge is 0.346 e. The number of benzene rings is 1. The van der Waals surface area contributed by atoms with Gasteiger partial charge in [-0.3, -0.25) is 9.89 Å². The highest BCUT2D eigenvalue weighted by molar-refractivity contribution is 7.89. The van der Waals surface area contributed by atoms with Crippen molar-refractivity contribution in [2.45, 2.75) is 49.6 Å². The number of hydrogen-bond donors (Lipinski definition) is 2. The van der Waals surface area contributed by atoms with E-state index in [2.05, 4.69) is 15.5 Å². The van der Waals surface area contributed by atoms with Gasteiger partial charge in [0.2, 0.25) is 10.0 Å². The molecule has 1 aromatic heterocycles. The highest BCUT2D eigenvalue weighted by Crippen LogP contribution is 2.48. The summed E-state index contributed by atoms with van der Waals surface area (Å²) in [7, 11) is -1.99. The fourth-order valence-electron chi connectivity index (χ4n) is 4.77. The molecule has 0 spiro atoms. The molecule has 1 heterocycles. The molecular weight excluding hydrogens is 376 g/mol. The van der Waals surface area contributed by atoms with Crippen molar-refractivity contribution in [3.05, 3.63) is 47.8 Å². The van der Waals surface area contributed by atoms with Gasteiger partial charge >= 0.3 is 0 Å². The molecule has 1 aromatic carbocycles. The summed E-state index contributed by atoms with van der Waals surface area (Å²) in [6, 6.07) is 8.11. The molecule has 4 atom stereocenters. The van der Waals surface area contributed by atoms with Crippen LogP contribution in [0, 0.1) is 18.8 Å². The van der Waals surface area contributed by atoms with E-state index in [0.29, 0.717) is 16.5 Å². The van der Waals surface area contributed by atoms with Crippen LogP contribution >= 0.6 is 0 Å². The third-order valence-corrected chi connectivity index (χ3v) is 8.17. The van der Waals surface area contributed by atoms with Gasteiger partial charge in [-0.2, -0.15) is 9.40 Å². The van der Waals surface area contributed by atoms with Gasteiger partial charge in [0.1, 0.15) is 5.69 Å². The number of rotatable bonds is 5. The minimum atomic E-state index is -3.63. The Morgan fingerprint density at radius 1 is 1.14 bits per heavy atom. The van der Waals surface area contributed by atoms with Crippen LogP contribution in [0.15, 0.2) is 41.4 Å². The molecule has 0 saturated heterocycles. The molecule has 0 bridgehead atoms. The first-order valence-electron chi connectivity index (χ1n) is 9.74. The van der Waals surface area contributed by atoms with E-state index in [1.54, 1.807) is 25.2 Å². The van der Waals surface area contributed by atoms with Crippen molar-refractivity contribution in [1.29, 1.82) is 0 Å². The van der Waals surface area contributed by atoms with E-state index in [1.807, 2.05) is 19.1 Å². The third-order valence-electron chi connectivity index (χ3n) is 6.30. The second-order valence-electron chi connectivity index (χ2n) is 7.91. The molecule has 2 aromatic rings. The van der Waals surface area contributed by atoms with Gasteiger partial charge in [-0.1, -0.05) is 30.5 Å². The monoisotopic (exact) mass is 402 g/mol. The average Bonchev–Trinajstić information content (AvgIpc) is 3.21. The average molecular weight is 403 g/mol. The summed E-state index contributed by atoms with van der Waals surface area (Å²) in [4.78, 5) is 12.8. The Balaban J connectivity index is 1.59.